The molecule has 0 aliphatic carbocycles. The third kappa shape index (κ3) is 5.14. The average Bonchev–Trinajstić information content (AvgIpc) is 2.64. The van der Waals surface area contributed by atoms with E-state index in [1.165, 1.54) is 11.6 Å². The number of rotatable bonds is 4. The van der Waals surface area contributed by atoms with E-state index in [-0.39, 0.29) is 10.8 Å². The van der Waals surface area contributed by atoms with Crippen LogP contribution in [0, 0.1) is 5.82 Å². The van der Waals surface area contributed by atoms with Crippen LogP contribution in [0.15, 0.2) is 48.5 Å². The van der Waals surface area contributed by atoms with E-state index in [2.05, 4.69) is 27.2 Å². The van der Waals surface area contributed by atoms with Gasteiger partial charge in [-0.25, -0.2) is 4.39 Å². The minimum absolute atomic E-state index is 0.183. The SMILES string of the molecule is Fc1ccc(CN2CCN(C(=S)NCc3ccccc3)CC2)cc1Cl. The molecule has 6 heteroatoms. The number of hydrogen-bond donors (Lipinski definition) is 1. The molecule has 2 aromatic carbocycles. The lowest BCUT2D eigenvalue weighted by Gasteiger charge is -2.36. The molecule has 132 valence electrons. The Morgan fingerprint density at radius 2 is 1.76 bits per heavy atom. The first-order chi connectivity index (χ1) is 12.1. The van der Waals surface area contributed by atoms with Crippen molar-refractivity contribution in [2.75, 3.05) is 26.2 Å². The normalized spacial score (nSPS) is 15.2. The van der Waals surface area contributed by atoms with Crippen LogP contribution in [0.3, 0.4) is 0 Å². The first-order valence-corrected chi connectivity index (χ1v) is 9.13. The van der Waals surface area contributed by atoms with Gasteiger partial charge in [0.05, 0.1) is 5.02 Å². The summed E-state index contributed by atoms with van der Waals surface area (Å²) in [5.41, 5.74) is 2.25. The van der Waals surface area contributed by atoms with E-state index in [1.807, 2.05) is 18.2 Å². The summed E-state index contributed by atoms with van der Waals surface area (Å²) in [7, 11) is 0. The summed E-state index contributed by atoms with van der Waals surface area (Å²) in [6, 6.07) is 15.2. The summed E-state index contributed by atoms with van der Waals surface area (Å²) in [6.45, 7) is 5.13. The van der Waals surface area contributed by atoms with E-state index in [0.717, 1.165) is 49.9 Å². The second-order valence-electron chi connectivity index (χ2n) is 6.16. The van der Waals surface area contributed by atoms with Gasteiger partial charge in [-0.3, -0.25) is 4.90 Å². The van der Waals surface area contributed by atoms with Crippen LogP contribution < -0.4 is 5.32 Å². The highest BCUT2D eigenvalue weighted by atomic mass is 35.5. The summed E-state index contributed by atoms with van der Waals surface area (Å²) in [5, 5.41) is 4.31. The zero-order chi connectivity index (χ0) is 17.6. The smallest absolute Gasteiger partial charge is 0.169 e. The Bertz CT molecular complexity index is 718. The third-order valence-electron chi connectivity index (χ3n) is 4.34. The molecule has 2 aromatic rings. The summed E-state index contributed by atoms with van der Waals surface area (Å²) in [6.07, 6.45) is 0. The molecular formula is C19H21ClFN3S. The number of benzene rings is 2. The molecule has 0 aromatic heterocycles. The van der Waals surface area contributed by atoms with Crippen LogP contribution in [0.5, 0.6) is 0 Å². The molecule has 3 nitrogen and oxygen atoms in total. The van der Waals surface area contributed by atoms with Gasteiger partial charge >= 0.3 is 0 Å². The van der Waals surface area contributed by atoms with Gasteiger partial charge in [0.25, 0.3) is 0 Å². The maximum absolute atomic E-state index is 13.2. The quantitative estimate of drug-likeness (QED) is 0.819. The molecule has 0 amide bonds. The molecule has 1 heterocycles. The Kier molecular flexibility index (Phi) is 6.24. The molecule has 0 atom stereocenters. The van der Waals surface area contributed by atoms with E-state index in [9.17, 15) is 4.39 Å². The van der Waals surface area contributed by atoms with Gasteiger partial charge in [0.2, 0.25) is 0 Å². The fraction of sp³-hybridized carbons (Fsp3) is 0.316. The van der Waals surface area contributed by atoms with Gasteiger partial charge in [-0.2, -0.15) is 0 Å². The van der Waals surface area contributed by atoms with Crippen LogP contribution in [0.2, 0.25) is 5.02 Å². The van der Waals surface area contributed by atoms with Crippen LogP contribution in [0.4, 0.5) is 4.39 Å². The van der Waals surface area contributed by atoms with Crippen molar-refractivity contribution in [2.45, 2.75) is 13.1 Å². The number of nitrogens with zero attached hydrogens (tertiary/aromatic N) is 2. The summed E-state index contributed by atoms with van der Waals surface area (Å²) in [5.74, 6) is -0.370. The molecule has 1 aliphatic rings. The van der Waals surface area contributed by atoms with E-state index in [4.69, 9.17) is 23.8 Å². The zero-order valence-electron chi connectivity index (χ0n) is 13.9. The Morgan fingerprint density at radius 1 is 1.04 bits per heavy atom. The second kappa shape index (κ2) is 8.61. The van der Waals surface area contributed by atoms with Crippen molar-refractivity contribution in [1.29, 1.82) is 0 Å². The summed E-state index contributed by atoms with van der Waals surface area (Å²) >= 11 is 11.4. The molecule has 0 bridgehead atoms. The molecule has 1 aliphatic heterocycles. The maximum Gasteiger partial charge on any atom is 0.169 e. The lowest BCUT2D eigenvalue weighted by molar-refractivity contribution is 0.174. The first-order valence-electron chi connectivity index (χ1n) is 8.35. The van der Waals surface area contributed by atoms with Crippen molar-refractivity contribution in [3.05, 3.63) is 70.5 Å². The molecule has 0 radical (unpaired) electrons. The number of thiocarbonyl (C=S) groups is 1. The standard InChI is InChI=1S/C19H21ClFN3S/c20-17-12-16(6-7-18(17)21)14-23-8-10-24(11-9-23)19(25)22-13-15-4-2-1-3-5-15/h1-7,12H,8-11,13-14H2,(H,22,25). The monoisotopic (exact) mass is 377 g/mol. The number of piperazine rings is 1. The van der Waals surface area contributed by atoms with Crippen molar-refractivity contribution in [2.24, 2.45) is 0 Å². The van der Waals surface area contributed by atoms with Gasteiger partial charge < -0.3 is 10.2 Å². The summed E-state index contributed by atoms with van der Waals surface area (Å²) in [4.78, 5) is 4.53. The van der Waals surface area contributed by atoms with Crippen molar-refractivity contribution < 1.29 is 4.39 Å². The lowest BCUT2D eigenvalue weighted by Crippen LogP contribution is -2.51. The average molecular weight is 378 g/mol. The topological polar surface area (TPSA) is 18.5 Å². The number of halogens is 2. The first kappa shape index (κ1) is 18.1. The zero-order valence-corrected chi connectivity index (χ0v) is 15.5. The Balaban J connectivity index is 1.44. The van der Waals surface area contributed by atoms with Crippen molar-refractivity contribution in [3.8, 4) is 0 Å². The van der Waals surface area contributed by atoms with Crippen LogP contribution in [-0.2, 0) is 13.1 Å². The van der Waals surface area contributed by atoms with Crippen LogP contribution in [-0.4, -0.2) is 41.1 Å². The molecule has 3 rings (SSSR count). The molecule has 1 N–H and O–H groups in total. The molecule has 1 saturated heterocycles. The highest BCUT2D eigenvalue weighted by Gasteiger charge is 2.19. The van der Waals surface area contributed by atoms with Crippen LogP contribution in [0.1, 0.15) is 11.1 Å². The highest BCUT2D eigenvalue weighted by Crippen LogP contribution is 2.18. The summed E-state index contributed by atoms with van der Waals surface area (Å²) < 4.78 is 13.2. The lowest BCUT2D eigenvalue weighted by atomic mass is 10.2. The second-order valence-corrected chi connectivity index (χ2v) is 6.95. The predicted octanol–water partition coefficient (Wildman–Crippen LogP) is 3.67. The molecular weight excluding hydrogens is 357 g/mol. The minimum Gasteiger partial charge on any atom is -0.358 e. The third-order valence-corrected chi connectivity index (χ3v) is 5.03. The minimum atomic E-state index is -0.370. The van der Waals surface area contributed by atoms with Crippen molar-refractivity contribution in [1.82, 2.24) is 15.1 Å². The van der Waals surface area contributed by atoms with E-state index in [0.29, 0.717) is 0 Å². The number of hydrogen-bond acceptors (Lipinski definition) is 2. The van der Waals surface area contributed by atoms with Gasteiger partial charge in [-0.05, 0) is 35.5 Å². The van der Waals surface area contributed by atoms with Gasteiger partial charge in [-0.1, -0.05) is 48.0 Å². The van der Waals surface area contributed by atoms with Crippen LogP contribution >= 0.6 is 23.8 Å². The Hall–Kier alpha value is -1.69. The highest BCUT2D eigenvalue weighted by molar-refractivity contribution is 7.80. The Morgan fingerprint density at radius 3 is 2.44 bits per heavy atom. The fourth-order valence-corrected chi connectivity index (χ4v) is 3.35. The largest absolute Gasteiger partial charge is 0.358 e. The van der Waals surface area contributed by atoms with Crippen molar-refractivity contribution >= 4 is 28.9 Å². The van der Waals surface area contributed by atoms with Gasteiger partial charge in [0.15, 0.2) is 5.11 Å². The van der Waals surface area contributed by atoms with Gasteiger partial charge in [0.1, 0.15) is 5.82 Å². The van der Waals surface area contributed by atoms with Crippen LogP contribution in [0.25, 0.3) is 0 Å². The molecule has 0 spiro atoms. The molecule has 1 fully saturated rings. The van der Waals surface area contributed by atoms with E-state index >= 15 is 0 Å². The van der Waals surface area contributed by atoms with Gasteiger partial charge in [0, 0.05) is 39.3 Å². The van der Waals surface area contributed by atoms with E-state index < -0.39 is 0 Å². The van der Waals surface area contributed by atoms with E-state index in [1.54, 1.807) is 12.1 Å². The van der Waals surface area contributed by atoms with Gasteiger partial charge in [-0.15, -0.1) is 0 Å². The van der Waals surface area contributed by atoms with Crippen molar-refractivity contribution in [3.63, 3.8) is 0 Å². The molecule has 25 heavy (non-hydrogen) atoms. The fourth-order valence-electron chi connectivity index (χ4n) is 2.89. The maximum atomic E-state index is 13.2. The molecule has 0 unspecified atom stereocenters. The molecule has 0 saturated carbocycles. The number of nitrogens with one attached hydrogen (secondary N) is 1. The Labute approximate surface area is 158 Å². The predicted molar refractivity (Wildman–Crippen MR) is 104 cm³/mol.